The Hall–Kier alpha value is -3.85. The van der Waals surface area contributed by atoms with Crippen LogP contribution in [0.5, 0.6) is 0 Å². The van der Waals surface area contributed by atoms with Gasteiger partial charge in [0.15, 0.2) is 0 Å². The number of nitrogens with zero attached hydrogens (tertiary/aromatic N) is 2. The zero-order valence-corrected chi connectivity index (χ0v) is 25.6. The van der Waals surface area contributed by atoms with Gasteiger partial charge in [0, 0.05) is 37.0 Å². The van der Waals surface area contributed by atoms with Gasteiger partial charge in [0.2, 0.25) is 0 Å². The summed E-state index contributed by atoms with van der Waals surface area (Å²) in [6.07, 6.45) is 4.14. The highest BCUT2D eigenvalue weighted by atomic mass is 16.2. The van der Waals surface area contributed by atoms with E-state index in [1.54, 1.807) is 0 Å². The average molecular weight is 557 g/mol. The molecule has 3 heteroatoms. The molecule has 3 nitrogen and oxygen atoms in total. The molecule has 42 heavy (non-hydrogen) atoms. The lowest BCUT2D eigenvalue weighted by molar-refractivity contribution is 0.136. The molecule has 2 amide bonds. The first-order valence-corrected chi connectivity index (χ1v) is 15.7. The fourth-order valence-corrected chi connectivity index (χ4v) is 7.29. The van der Waals surface area contributed by atoms with Crippen LogP contribution in [0.2, 0.25) is 0 Å². The normalized spacial score (nSPS) is 18.8. The standard InChI is InChI=1S/C39H44N2O/c1-27-9-17-31(18-10-27)37(32-19-11-28(2)12-20-32)35-7-5-25-40(35)39(42)41-26-6-8-36(41)38(33-21-13-29(3)14-22-33)34-23-15-30(4)16-24-34/h9-24,35-38H,5-8,25-26H2,1-4H3/t35-,36-/m0/s1. The van der Waals surface area contributed by atoms with Crippen molar-refractivity contribution in [2.45, 2.75) is 77.3 Å². The van der Waals surface area contributed by atoms with E-state index in [2.05, 4.69) is 135 Å². The van der Waals surface area contributed by atoms with Crippen LogP contribution in [0.15, 0.2) is 97.1 Å². The summed E-state index contributed by atoms with van der Waals surface area (Å²) in [6.45, 7) is 10.2. The van der Waals surface area contributed by atoms with Crippen LogP contribution in [0.3, 0.4) is 0 Å². The molecule has 2 aliphatic heterocycles. The second-order valence-electron chi connectivity index (χ2n) is 12.7. The van der Waals surface area contributed by atoms with Crippen LogP contribution in [0.25, 0.3) is 0 Å². The van der Waals surface area contributed by atoms with Gasteiger partial charge in [-0.25, -0.2) is 4.79 Å². The minimum Gasteiger partial charge on any atom is -0.321 e. The molecule has 4 aromatic carbocycles. The Kier molecular flexibility index (Phi) is 8.20. The number of amides is 2. The second kappa shape index (κ2) is 12.2. The van der Waals surface area contributed by atoms with Crippen LogP contribution in [0.4, 0.5) is 4.79 Å². The number of carbonyl (C=O) groups excluding carboxylic acids is 1. The molecule has 2 fully saturated rings. The molecular weight excluding hydrogens is 512 g/mol. The number of rotatable bonds is 6. The summed E-state index contributed by atoms with van der Waals surface area (Å²) in [5.74, 6) is 0.312. The van der Waals surface area contributed by atoms with Gasteiger partial charge in [-0.05, 0) is 75.6 Å². The summed E-state index contributed by atoms with van der Waals surface area (Å²) in [4.78, 5) is 19.1. The number of likely N-dealkylation sites (tertiary alicyclic amines) is 2. The lowest BCUT2D eigenvalue weighted by Crippen LogP contribution is -2.50. The van der Waals surface area contributed by atoms with E-state index in [1.807, 2.05) is 0 Å². The third-order valence-corrected chi connectivity index (χ3v) is 9.61. The first-order chi connectivity index (χ1) is 20.4. The lowest BCUT2D eigenvalue weighted by Gasteiger charge is -2.39. The van der Waals surface area contributed by atoms with Gasteiger partial charge in [0.25, 0.3) is 0 Å². The van der Waals surface area contributed by atoms with Gasteiger partial charge in [0.1, 0.15) is 0 Å². The third kappa shape index (κ3) is 5.75. The lowest BCUT2D eigenvalue weighted by atomic mass is 9.82. The predicted octanol–water partition coefficient (Wildman–Crippen LogP) is 8.93. The van der Waals surface area contributed by atoms with E-state index in [4.69, 9.17) is 0 Å². The highest BCUT2D eigenvalue weighted by Crippen LogP contribution is 2.41. The van der Waals surface area contributed by atoms with E-state index in [0.29, 0.717) is 0 Å². The Bertz CT molecular complexity index is 1280. The van der Waals surface area contributed by atoms with Crippen molar-refractivity contribution in [1.29, 1.82) is 0 Å². The average Bonchev–Trinajstić information content (AvgIpc) is 3.68. The van der Waals surface area contributed by atoms with Gasteiger partial charge >= 0.3 is 6.03 Å². The fourth-order valence-electron chi connectivity index (χ4n) is 7.29. The molecule has 6 rings (SSSR count). The highest BCUT2D eigenvalue weighted by molar-refractivity contribution is 5.76. The Morgan fingerprint density at radius 2 is 0.762 bits per heavy atom. The first-order valence-electron chi connectivity index (χ1n) is 15.7. The van der Waals surface area contributed by atoms with Gasteiger partial charge < -0.3 is 9.80 Å². The summed E-state index contributed by atoms with van der Waals surface area (Å²) in [7, 11) is 0. The molecule has 4 aromatic rings. The molecular formula is C39H44N2O. The summed E-state index contributed by atoms with van der Waals surface area (Å²) in [6, 6.07) is 36.3. The second-order valence-corrected chi connectivity index (χ2v) is 12.7. The largest absolute Gasteiger partial charge is 0.321 e. The Morgan fingerprint density at radius 3 is 1.02 bits per heavy atom. The van der Waals surface area contributed by atoms with Gasteiger partial charge in [-0.3, -0.25) is 0 Å². The van der Waals surface area contributed by atoms with Crippen LogP contribution >= 0.6 is 0 Å². The molecule has 0 spiro atoms. The minimum atomic E-state index is 0.140. The Labute approximate surface area is 252 Å². The molecule has 2 heterocycles. The number of carbonyl (C=O) groups is 1. The number of aryl methyl sites for hydroxylation is 4. The highest BCUT2D eigenvalue weighted by Gasteiger charge is 2.43. The van der Waals surface area contributed by atoms with Crippen LogP contribution in [-0.2, 0) is 0 Å². The van der Waals surface area contributed by atoms with Crippen LogP contribution < -0.4 is 0 Å². The Morgan fingerprint density at radius 1 is 0.500 bits per heavy atom. The SMILES string of the molecule is Cc1ccc(C(c2ccc(C)cc2)[C@@H]2CCCN2C(=O)N2CCC[C@H]2C(c2ccc(C)cc2)c2ccc(C)cc2)cc1. The number of urea groups is 1. The van der Waals surface area contributed by atoms with Crippen molar-refractivity contribution in [3.8, 4) is 0 Å². The quantitative estimate of drug-likeness (QED) is 0.233. The number of benzene rings is 4. The third-order valence-electron chi connectivity index (χ3n) is 9.61. The molecule has 2 saturated heterocycles. The maximum atomic E-state index is 14.7. The van der Waals surface area contributed by atoms with Gasteiger partial charge in [0.05, 0.1) is 0 Å². The summed E-state index contributed by atoms with van der Waals surface area (Å²) < 4.78 is 0. The van der Waals surface area contributed by atoms with E-state index in [0.717, 1.165) is 38.8 Å². The Balaban J connectivity index is 1.35. The first kappa shape index (κ1) is 28.3. The summed E-state index contributed by atoms with van der Waals surface area (Å²) in [5.41, 5.74) is 10.2. The molecule has 2 atom stereocenters. The van der Waals surface area contributed by atoms with Gasteiger partial charge in [-0.2, -0.15) is 0 Å². The summed E-state index contributed by atoms with van der Waals surface area (Å²) >= 11 is 0. The molecule has 0 aliphatic carbocycles. The van der Waals surface area contributed by atoms with E-state index in [9.17, 15) is 4.79 Å². The van der Waals surface area contributed by atoms with E-state index < -0.39 is 0 Å². The van der Waals surface area contributed by atoms with E-state index in [-0.39, 0.29) is 30.0 Å². The summed E-state index contributed by atoms with van der Waals surface area (Å²) in [5, 5.41) is 0. The topological polar surface area (TPSA) is 23.6 Å². The minimum absolute atomic E-state index is 0.140. The van der Waals surface area contributed by atoms with Crippen LogP contribution in [0.1, 0.15) is 82.0 Å². The molecule has 0 saturated carbocycles. The van der Waals surface area contributed by atoms with Gasteiger partial charge in [-0.15, -0.1) is 0 Å². The number of hydrogen-bond acceptors (Lipinski definition) is 1. The maximum absolute atomic E-state index is 14.7. The predicted molar refractivity (Wildman–Crippen MR) is 173 cm³/mol. The van der Waals surface area contributed by atoms with Crippen LogP contribution in [0, 0.1) is 27.7 Å². The molecule has 216 valence electrons. The van der Waals surface area contributed by atoms with Crippen molar-refractivity contribution in [1.82, 2.24) is 9.80 Å². The van der Waals surface area contributed by atoms with Gasteiger partial charge in [-0.1, -0.05) is 119 Å². The van der Waals surface area contributed by atoms with Crippen molar-refractivity contribution < 1.29 is 4.79 Å². The fraction of sp³-hybridized carbons (Fsp3) is 0.359. The number of hydrogen-bond donors (Lipinski definition) is 0. The zero-order chi connectivity index (χ0) is 29.2. The maximum Gasteiger partial charge on any atom is 0.320 e. The molecule has 0 radical (unpaired) electrons. The smallest absolute Gasteiger partial charge is 0.320 e. The molecule has 2 aliphatic rings. The van der Waals surface area contributed by atoms with Crippen molar-refractivity contribution >= 4 is 6.03 Å². The molecule has 0 aromatic heterocycles. The van der Waals surface area contributed by atoms with Crippen molar-refractivity contribution in [2.75, 3.05) is 13.1 Å². The zero-order valence-electron chi connectivity index (χ0n) is 25.6. The van der Waals surface area contributed by atoms with Crippen LogP contribution in [-0.4, -0.2) is 41.0 Å². The molecule has 0 unspecified atom stereocenters. The van der Waals surface area contributed by atoms with Crippen molar-refractivity contribution in [3.63, 3.8) is 0 Å². The van der Waals surface area contributed by atoms with E-state index in [1.165, 1.54) is 44.5 Å². The van der Waals surface area contributed by atoms with Crippen molar-refractivity contribution in [3.05, 3.63) is 142 Å². The molecule has 0 bridgehead atoms. The molecule has 0 N–H and O–H groups in total. The van der Waals surface area contributed by atoms with Crippen molar-refractivity contribution in [2.24, 2.45) is 0 Å². The monoisotopic (exact) mass is 556 g/mol. The van der Waals surface area contributed by atoms with E-state index >= 15 is 0 Å².